The number of nitrogens with two attached hydrogens (primary N) is 1. The van der Waals surface area contributed by atoms with Crippen LogP contribution in [0.25, 0.3) is 0 Å². The lowest BCUT2D eigenvalue weighted by atomic mass is 10.3. The number of hydrogen-bond acceptors (Lipinski definition) is 4. The van der Waals surface area contributed by atoms with Crippen LogP contribution in [0.1, 0.15) is 13.3 Å². The van der Waals surface area contributed by atoms with Gasteiger partial charge < -0.3 is 16.0 Å². The van der Waals surface area contributed by atoms with Crippen molar-refractivity contribution in [2.45, 2.75) is 19.4 Å². The predicted molar refractivity (Wildman–Crippen MR) is 65.0 cm³/mol. The van der Waals surface area contributed by atoms with Crippen LogP contribution in [0.3, 0.4) is 0 Å². The Labute approximate surface area is 96.0 Å². The van der Waals surface area contributed by atoms with Gasteiger partial charge in [-0.05, 0) is 6.42 Å². The third kappa shape index (κ3) is 4.86. The highest BCUT2D eigenvalue weighted by Crippen LogP contribution is 2.06. The Morgan fingerprint density at radius 1 is 1.53 bits per heavy atom. The summed E-state index contributed by atoms with van der Waals surface area (Å²) in [5, 5.41) is 3.23. The largest absolute Gasteiger partial charge is 0.339 e. The highest BCUT2D eigenvalue weighted by molar-refractivity contribution is 7.99. The molecule has 0 aromatic heterocycles. The average Bonchev–Trinajstić information content (AvgIpc) is 2.29. The first kappa shape index (κ1) is 12.8. The number of thioether (sulfide) groups is 1. The summed E-state index contributed by atoms with van der Waals surface area (Å²) in [6.45, 7) is 5.61. The van der Waals surface area contributed by atoms with Crippen LogP contribution in [0.15, 0.2) is 0 Å². The lowest BCUT2D eigenvalue weighted by Gasteiger charge is -2.27. The Hall–Kier alpha value is -0.260. The zero-order valence-electron chi connectivity index (χ0n) is 9.37. The maximum atomic E-state index is 11.7. The van der Waals surface area contributed by atoms with Crippen LogP contribution in [0.2, 0.25) is 0 Å². The minimum atomic E-state index is 0.228. The summed E-state index contributed by atoms with van der Waals surface area (Å²) in [7, 11) is 0. The summed E-state index contributed by atoms with van der Waals surface area (Å²) in [5.41, 5.74) is 5.78. The average molecular weight is 231 g/mol. The van der Waals surface area contributed by atoms with Crippen molar-refractivity contribution in [2.24, 2.45) is 5.73 Å². The third-order valence-corrected chi connectivity index (χ3v) is 3.67. The molecule has 1 atom stereocenters. The Kier molecular flexibility index (Phi) is 6.05. The first-order chi connectivity index (χ1) is 7.24. The van der Waals surface area contributed by atoms with Gasteiger partial charge in [0.15, 0.2) is 0 Å². The van der Waals surface area contributed by atoms with Crippen LogP contribution >= 0.6 is 11.8 Å². The maximum Gasteiger partial charge on any atom is 0.232 e. The van der Waals surface area contributed by atoms with Crippen molar-refractivity contribution in [1.82, 2.24) is 10.2 Å². The standard InChI is InChI=1S/C10H21N3OS/c1-2-9(11)7-15-8-10(14)13-5-3-12-4-6-13/h9,12H,2-8,11H2,1H3. The maximum absolute atomic E-state index is 11.7. The SMILES string of the molecule is CCC(N)CSCC(=O)N1CCNCC1. The van der Waals surface area contributed by atoms with E-state index in [1.807, 2.05) is 4.90 Å². The van der Waals surface area contributed by atoms with Crippen LogP contribution in [-0.4, -0.2) is 54.5 Å². The molecular weight excluding hydrogens is 210 g/mol. The molecule has 5 heteroatoms. The first-order valence-electron chi connectivity index (χ1n) is 5.56. The monoisotopic (exact) mass is 231 g/mol. The molecule has 4 nitrogen and oxygen atoms in total. The fourth-order valence-corrected chi connectivity index (χ4v) is 2.43. The van der Waals surface area contributed by atoms with Crippen LogP contribution in [0.4, 0.5) is 0 Å². The van der Waals surface area contributed by atoms with Gasteiger partial charge in [0.25, 0.3) is 0 Å². The van der Waals surface area contributed by atoms with Gasteiger partial charge in [-0.15, -0.1) is 0 Å². The molecule has 0 aromatic rings. The molecule has 1 aliphatic rings. The zero-order valence-corrected chi connectivity index (χ0v) is 10.2. The van der Waals surface area contributed by atoms with Crippen LogP contribution < -0.4 is 11.1 Å². The van der Waals surface area contributed by atoms with Gasteiger partial charge >= 0.3 is 0 Å². The second kappa shape index (κ2) is 7.09. The molecule has 0 aliphatic carbocycles. The molecule has 0 bridgehead atoms. The lowest BCUT2D eigenvalue weighted by molar-refractivity contribution is -0.128. The van der Waals surface area contributed by atoms with Gasteiger partial charge in [0.1, 0.15) is 0 Å². The number of rotatable bonds is 5. The molecule has 1 aliphatic heterocycles. The highest BCUT2D eigenvalue weighted by Gasteiger charge is 2.15. The normalized spacial score (nSPS) is 18.9. The molecule has 1 amide bonds. The van der Waals surface area contributed by atoms with Crippen LogP contribution in [0, 0.1) is 0 Å². The second-order valence-electron chi connectivity index (χ2n) is 3.81. The summed E-state index contributed by atoms with van der Waals surface area (Å²) >= 11 is 1.65. The molecule has 0 radical (unpaired) electrons. The van der Waals surface area contributed by atoms with E-state index in [0.29, 0.717) is 5.75 Å². The van der Waals surface area contributed by atoms with Crippen molar-refractivity contribution in [3.8, 4) is 0 Å². The van der Waals surface area contributed by atoms with Crippen molar-refractivity contribution in [3.05, 3.63) is 0 Å². The molecule has 1 heterocycles. The van der Waals surface area contributed by atoms with E-state index in [4.69, 9.17) is 5.73 Å². The fourth-order valence-electron chi connectivity index (χ4n) is 1.42. The Morgan fingerprint density at radius 3 is 2.80 bits per heavy atom. The molecular formula is C10H21N3OS. The number of carbonyl (C=O) groups is 1. The van der Waals surface area contributed by atoms with Crippen molar-refractivity contribution in [2.75, 3.05) is 37.7 Å². The van der Waals surface area contributed by atoms with E-state index in [9.17, 15) is 4.79 Å². The Bertz CT molecular complexity index is 195. The summed E-state index contributed by atoms with van der Waals surface area (Å²) in [6, 6.07) is 0.228. The first-order valence-corrected chi connectivity index (χ1v) is 6.71. The van der Waals surface area contributed by atoms with Crippen LogP contribution in [0.5, 0.6) is 0 Å². The topological polar surface area (TPSA) is 58.4 Å². The summed E-state index contributed by atoms with van der Waals surface area (Å²) in [6.07, 6.45) is 0.981. The molecule has 88 valence electrons. The fraction of sp³-hybridized carbons (Fsp3) is 0.900. The van der Waals surface area contributed by atoms with Gasteiger partial charge in [0.05, 0.1) is 5.75 Å². The number of amides is 1. The van der Waals surface area contributed by atoms with E-state index in [1.54, 1.807) is 11.8 Å². The van der Waals surface area contributed by atoms with Gasteiger partial charge in [-0.2, -0.15) is 11.8 Å². The number of hydrogen-bond donors (Lipinski definition) is 2. The van der Waals surface area contributed by atoms with E-state index in [0.717, 1.165) is 38.4 Å². The highest BCUT2D eigenvalue weighted by atomic mass is 32.2. The minimum absolute atomic E-state index is 0.228. The van der Waals surface area contributed by atoms with E-state index in [1.165, 1.54) is 0 Å². The molecule has 1 fully saturated rings. The zero-order chi connectivity index (χ0) is 11.1. The predicted octanol–water partition coefficient (Wildman–Crippen LogP) is -0.111. The van der Waals surface area contributed by atoms with E-state index in [-0.39, 0.29) is 11.9 Å². The van der Waals surface area contributed by atoms with Gasteiger partial charge in [-0.3, -0.25) is 4.79 Å². The van der Waals surface area contributed by atoms with Crippen LogP contribution in [-0.2, 0) is 4.79 Å². The molecule has 1 unspecified atom stereocenters. The quantitative estimate of drug-likeness (QED) is 0.693. The molecule has 0 saturated carbocycles. The molecule has 1 saturated heterocycles. The van der Waals surface area contributed by atoms with Crippen molar-refractivity contribution in [3.63, 3.8) is 0 Å². The van der Waals surface area contributed by atoms with Gasteiger partial charge in [-0.1, -0.05) is 6.92 Å². The Morgan fingerprint density at radius 2 is 2.20 bits per heavy atom. The second-order valence-corrected chi connectivity index (χ2v) is 4.84. The molecule has 15 heavy (non-hydrogen) atoms. The van der Waals surface area contributed by atoms with Gasteiger partial charge in [0.2, 0.25) is 5.91 Å². The smallest absolute Gasteiger partial charge is 0.232 e. The molecule has 1 rings (SSSR count). The number of piperazine rings is 1. The Balaban J connectivity index is 2.12. The minimum Gasteiger partial charge on any atom is -0.339 e. The summed E-state index contributed by atoms with van der Waals surface area (Å²) in [5.74, 6) is 1.71. The summed E-state index contributed by atoms with van der Waals surface area (Å²) in [4.78, 5) is 13.6. The molecule has 3 N–H and O–H groups in total. The lowest BCUT2D eigenvalue weighted by Crippen LogP contribution is -2.47. The van der Waals surface area contributed by atoms with Gasteiger partial charge in [0, 0.05) is 38.0 Å². The molecule has 0 aromatic carbocycles. The molecule has 0 spiro atoms. The van der Waals surface area contributed by atoms with Gasteiger partial charge in [-0.25, -0.2) is 0 Å². The van der Waals surface area contributed by atoms with Crippen molar-refractivity contribution < 1.29 is 4.79 Å². The number of nitrogens with one attached hydrogen (secondary N) is 1. The van der Waals surface area contributed by atoms with E-state index >= 15 is 0 Å². The van der Waals surface area contributed by atoms with E-state index in [2.05, 4.69) is 12.2 Å². The van der Waals surface area contributed by atoms with E-state index < -0.39 is 0 Å². The summed E-state index contributed by atoms with van der Waals surface area (Å²) < 4.78 is 0. The number of carbonyl (C=O) groups excluding carboxylic acids is 1. The number of nitrogens with zero attached hydrogens (tertiary/aromatic N) is 1. The van der Waals surface area contributed by atoms with Crippen molar-refractivity contribution >= 4 is 17.7 Å². The van der Waals surface area contributed by atoms with Crippen molar-refractivity contribution in [1.29, 1.82) is 0 Å². The third-order valence-electron chi connectivity index (χ3n) is 2.55.